The van der Waals surface area contributed by atoms with Crippen LogP contribution in [0.3, 0.4) is 0 Å². The number of rotatable bonds is 2. The summed E-state index contributed by atoms with van der Waals surface area (Å²) in [6.45, 7) is 2.60. The van der Waals surface area contributed by atoms with Crippen LogP contribution in [0.5, 0.6) is 0 Å². The summed E-state index contributed by atoms with van der Waals surface area (Å²) in [7, 11) is 0. The number of carboxylic acids is 1. The van der Waals surface area contributed by atoms with E-state index >= 15 is 0 Å². The molecule has 4 rings (SSSR count). The molecule has 2 aliphatic heterocycles. The fourth-order valence-electron chi connectivity index (χ4n) is 3.69. The summed E-state index contributed by atoms with van der Waals surface area (Å²) < 4.78 is 1.87. The minimum atomic E-state index is -1.02. The van der Waals surface area contributed by atoms with Gasteiger partial charge in [0.1, 0.15) is 0 Å². The van der Waals surface area contributed by atoms with Crippen molar-refractivity contribution in [2.75, 3.05) is 13.1 Å². The number of carboxylic acid groups (broad SMARTS) is 1. The third kappa shape index (κ3) is 2.45. The average Bonchev–Trinajstić information content (AvgIpc) is 2.56. The molecule has 0 radical (unpaired) electrons. The Morgan fingerprint density at radius 3 is 2.91 bits per heavy atom. The summed E-state index contributed by atoms with van der Waals surface area (Å²) in [5.74, 6) is -0.166. The van der Waals surface area contributed by atoms with Crippen molar-refractivity contribution >= 4 is 5.97 Å². The molecule has 2 bridgehead atoms. The van der Waals surface area contributed by atoms with E-state index in [1.807, 2.05) is 10.6 Å². The molecular weight excluding hydrogens is 294 g/mol. The number of nitrogens with zero attached hydrogens (tertiary/aromatic N) is 2. The number of pyridine rings is 2. The summed E-state index contributed by atoms with van der Waals surface area (Å²) in [6, 6.07) is 5.16. The molecule has 0 aromatic carbocycles. The summed E-state index contributed by atoms with van der Waals surface area (Å²) in [5, 5.41) is 12.5. The Morgan fingerprint density at radius 1 is 1.22 bits per heavy atom. The smallest absolute Gasteiger partial charge is 0.337 e. The summed E-state index contributed by atoms with van der Waals surface area (Å²) in [5.41, 5.74) is 2.54. The van der Waals surface area contributed by atoms with Crippen LogP contribution in [0.15, 0.2) is 35.4 Å². The van der Waals surface area contributed by atoms with Crippen molar-refractivity contribution in [2.24, 2.45) is 5.92 Å². The summed E-state index contributed by atoms with van der Waals surface area (Å²) >= 11 is 0. The lowest BCUT2D eigenvalue weighted by atomic mass is 9.83. The summed E-state index contributed by atoms with van der Waals surface area (Å²) in [4.78, 5) is 27.6. The zero-order chi connectivity index (χ0) is 16.0. The third-order valence-corrected chi connectivity index (χ3v) is 4.78. The maximum absolute atomic E-state index is 12.5. The minimum absolute atomic E-state index is 0.0187. The highest BCUT2D eigenvalue weighted by molar-refractivity contribution is 5.88. The Balaban J connectivity index is 1.82. The van der Waals surface area contributed by atoms with Crippen LogP contribution in [-0.2, 0) is 6.54 Å². The number of nitrogens with one attached hydrogen (secondary N) is 1. The van der Waals surface area contributed by atoms with Crippen molar-refractivity contribution in [1.29, 1.82) is 0 Å². The van der Waals surface area contributed by atoms with Gasteiger partial charge in [0.25, 0.3) is 5.56 Å². The van der Waals surface area contributed by atoms with Crippen LogP contribution >= 0.6 is 0 Å². The molecule has 0 amide bonds. The van der Waals surface area contributed by atoms with Crippen LogP contribution in [0.25, 0.3) is 11.1 Å². The standard InChI is InChI=1S/C17H17N3O3/c21-16-4-11(12-2-14(17(22)23)8-19-6-12)3-15-13-1-10(5-18-7-13)9-20(15)16/h2-4,6,8,10,13,18H,1,5,7,9H2,(H,22,23)/t10-,13+/m0/s1. The molecule has 23 heavy (non-hydrogen) atoms. The third-order valence-electron chi connectivity index (χ3n) is 4.78. The maximum atomic E-state index is 12.5. The van der Waals surface area contributed by atoms with Gasteiger partial charge in [-0.25, -0.2) is 4.79 Å². The molecule has 1 saturated heterocycles. The van der Waals surface area contributed by atoms with Gasteiger partial charge in [-0.3, -0.25) is 9.78 Å². The number of hydrogen-bond donors (Lipinski definition) is 2. The topological polar surface area (TPSA) is 84.2 Å². The van der Waals surface area contributed by atoms with Crippen LogP contribution in [0.2, 0.25) is 0 Å². The van der Waals surface area contributed by atoms with E-state index in [0.29, 0.717) is 17.4 Å². The van der Waals surface area contributed by atoms with Crippen molar-refractivity contribution in [1.82, 2.24) is 14.9 Å². The second kappa shape index (κ2) is 5.31. The second-order valence-electron chi connectivity index (χ2n) is 6.34. The van der Waals surface area contributed by atoms with Crippen LogP contribution in [0, 0.1) is 5.92 Å². The molecule has 0 saturated carbocycles. The lowest BCUT2D eigenvalue weighted by Gasteiger charge is -2.37. The molecule has 2 atom stereocenters. The van der Waals surface area contributed by atoms with E-state index in [2.05, 4.69) is 10.3 Å². The van der Waals surface area contributed by atoms with E-state index in [4.69, 9.17) is 5.11 Å². The van der Waals surface area contributed by atoms with Crippen LogP contribution in [0.1, 0.15) is 28.4 Å². The highest BCUT2D eigenvalue weighted by atomic mass is 16.4. The Bertz CT molecular complexity index is 843. The van der Waals surface area contributed by atoms with Gasteiger partial charge in [0, 0.05) is 48.7 Å². The number of piperidine rings is 1. The molecule has 0 spiro atoms. The molecular formula is C17H17N3O3. The van der Waals surface area contributed by atoms with E-state index in [9.17, 15) is 9.59 Å². The molecule has 2 aromatic heterocycles. The number of aromatic nitrogens is 2. The number of hydrogen-bond acceptors (Lipinski definition) is 4. The van der Waals surface area contributed by atoms with Crippen molar-refractivity contribution in [3.05, 3.63) is 52.2 Å². The van der Waals surface area contributed by atoms with Gasteiger partial charge in [0.2, 0.25) is 0 Å². The molecule has 6 nitrogen and oxygen atoms in total. The minimum Gasteiger partial charge on any atom is -0.478 e. The van der Waals surface area contributed by atoms with Gasteiger partial charge in [-0.2, -0.15) is 0 Å². The largest absolute Gasteiger partial charge is 0.478 e. The van der Waals surface area contributed by atoms with Gasteiger partial charge in [-0.15, -0.1) is 0 Å². The second-order valence-corrected chi connectivity index (χ2v) is 6.34. The van der Waals surface area contributed by atoms with Gasteiger partial charge in [-0.05, 0) is 36.6 Å². The van der Waals surface area contributed by atoms with Gasteiger partial charge >= 0.3 is 5.97 Å². The van der Waals surface area contributed by atoms with Gasteiger partial charge in [0.15, 0.2) is 0 Å². The van der Waals surface area contributed by atoms with E-state index < -0.39 is 5.97 Å². The molecule has 1 fully saturated rings. The molecule has 2 N–H and O–H groups in total. The Hall–Kier alpha value is -2.47. The first-order valence-electron chi connectivity index (χ1n) is 7.76. The average molecular weight is 311 g/mol. The maximum Gasteiger partial charge on any atom is 0.337 e. The van der Waals surface area contributed by atoms with E-state index in [-0.39, 0.29) is 11.1 Å². The van der Waals surface area contributed by atoms with Gasteiger partial charge in [0.05, 0.1) is 5.56 Å². The highest BCUT2D eigenvalue weighted by Gasteiger charge is 2.31. The zero-order valence-electron chi connectivity index (χ0n) is 12.5. The quantitative estimate of drug-likeness (QED) is 0.874. The zero-order valence-corrected chi connectivity index (χ0v) is 12.5. The fourth-order valence-corrected chi connectivity index (χ4v) is 3.69. The van der Waals surface area contributed by atoms with Crippen LogP contribution < -0.4 is 10.9 Å². The normalized spacial score (nSPS) is 22.4. The first-order chi connectivity index (χ1) is 11.1. The lowest BCUT2D eigenvalue weighted by molar-refractivity contribution is 0.0696. The molecule has 6 heteroatoms. The van der Waals surface area contributed by atoms with Gasteiger partial charge in [-0.1, -0.05) is 0 Å². The van der Waals surface area contributed by atoms with Crippen LogP contribution in [-0.4, -0.2) is 33.7 Å². The van der Waals surface area contributed by atoms with Crippen LogP contribution in [0.4, 0.5) is 0 Å². The predicted molar refractivity (Wildman–Crippen MR) is 84.6 cm³/mol. The SMILES string of the molecule is O=C(O)c1cncc(-c2cc3n(c(=O)c2)C[C@@H]2CNC[C@H]3C2)c1. The van der Waals surface area contributed by atoms with Gasteiger partial charge < -0.3 is 15.0 Å². The van der Waals surface area contributed by atoms with Crippen molar-refractivity contribution < 1.29 is 9.90 Å². The summed E-state index contributed by atoms with van der Waals surface area (Å²) in [6.07, 6.45) is 4.01. The van der Waals surface area contributed by atoms with E-state index in [1.165, 1.54) is 6.20 Å². The molecule has 4 heterocycles. The first-order valence-corrected chi connectivity index (χ1v) is 7.76. The molecule has 2 aromatic rings. The fraction of sp³-hybridized carbons (Fsp3) is 0.353. The van der Waals surface area contributed by atoms with Crippen molar-refractivity contribution in [3.8, 4) is 11.1 Å². The Morgan fingerprint density at radius 2 is 2.09 bits per heavy atom. The number of fused-ring (bicyclic) bond motifs is 4. The Labute approximate surface area is 132 Å². The highest BCUT2D eigenvalue weighted by Crippen LogP contribution is 2.33. The first kappa shape index (κ1) is 14.1. The molecule has 2 aliphatic rings. The van der Waals surface area contributed by atoms with Crippen molar-refractivity contribution in [3.63, 3.8) is 0 Å². The van der Waals surface area contributed by atoms with Crippen molar-refractivity contribution in [2.45, 2.75) is 18.9 Å². The molecule has 0 aliphatic carbocycles. The van der Waals surface area contributed by atoms with E-state index in [1.54, 1.807) is 18.3 Å². The Kier molecular flexibility index (Phi) is 3.27. The predicted octanol–water partition coefficient (Wildman–Crippen LogP) is 1.32. The van der Waals surface area contributed by atoms with E-state index in [0.717, 1.165) is 37.3 Å². The monoisotopic (exact) mass is 311 g/mol. The molecule has 118 valence electrons. The number of carbonyl (C=O) groups is 1. The number of aromatic carboxylic acids is 1. The molecule has 0 unspecified atom stereocenters. The lowest BCUT2D eigenvalue weighted by Crippen LogP contribution is -2.44.